The Kier molecular flexibility index (Phi) is 9.54. The fraction of sp³-hybridized carbons (Fsp3) is 0.619. The van der Waals surface area contributed by atoms with E-state index in [-0.39, 0.29) is 18.9 Å². The maximum absolute atomic E-state index is 13.4. The number of rotatable bonds is 12. The van der Waals surface area contributed by atoms with Gasteiger partial charge in [0.25, 0.3) is 0 Å². The molecule has 34 heavy (non-hydrogen) atoms. The Bertz CT molecular complexity index is 890. The van der Waals surface area contributed by atoms with Gasteiger partial charge in [0.05, 0.1) is 18.8 Å². The third-order valence-electron chi connectivity index (χ3n) is 5.97. The van der Waals surface area contributed by atoms with Crippen LogP contribution in [0.5, 0.6) is 0 Å². The van der Waals surface area contributed by atoms with E-state index in [0.29, 0.717) is 25.0 Å². The van der Waals surface area contributed by atoms with Crippen LogP contribution in [-0.4, -0.2) is 80.3 Å². The third-order valence-corrected chi connectivity index (χ3v) is 5.97. The van der Waals surface area contributed by atoms with E-state index < -0.39 is 60.2 Å². The van der Waals surface area contributed by atoms with Gasteiger partial charge in [0.2, 0.25) is 23.6 Å². The standard InChI is InChI=1S/C21H33N7O6/c1-3-11(2)17(27-18(30)13(22)7-12-9-24-10-25-12)20(32)28-6-4-5-15(28)19(31)26-14(21(33)34)8-16(23)29/h9-11,13-15,17H,3-8,22H2,1-2H3,(H2,23,29)(H,24,25)(H,26,31)(H,27,30)(H,33,34). The van der Waals surface area contributed by atoms with Crippen LogP contribution in [0.2, 0.25) is 0 Å². The number of hydrogen-bond acceptors (Lipinski definition) is 7. The summed E-state index contributed by atoms with van der Waals surface area (Å²) in [7, 11) is 0. The lowest BCUT2D eigenvalue weighted by atomic mass is 9.96. The molecule has 0 saturated carbocycles. The van der Waals surface area contributed by atoms with Crippen molar-refractivity contribution in [3.63, 3.8) is 0 Å². The number of carbonyl (C=O) groups excluding carboxylic acids is 4. The molecule has 1 fully saturated rings. The van der Waals surface area contributed by atoms with Crippen LogP contribution in [-0.2, 0) is 30.4 Å². The summed E-state index contributed by atoms with van der Waals surface area (Å²) in [5.74, 6) is -4.18. The molecule has 1 aromatic rings. The summed E-state index contributed by atoms with van der Waals surface area (Å²) in [4.78, 5) is 69.5. The number of H-pyrrole nitrogens is 1. The number of carboxylic acid groups (broad SMARTS) is 1. The van der Waals surface area contributed by atoms with Gasteiger partial charge in [-0.25, -0.2) is 9.78 Å². The van der Waals surface area contributed by atoms with Crippen LogP contribution < -0.4 is 22.1 Å². The predicted octanol–water partition coefficient (Wildman–Crippen LogP) is -1.75. The van der Waals surface area contributed by atoms with Crippen LogP contribution in [0, 0.1) is 5.92 Å². The van der Waals surface area contributed by atoms with Crippen molar-refractivity contribution in [2.75, 3.05) is 6.54 Å². The number of amides is 4. The number of nitrogens with zero attached hydrogens (tertiary/aromatic N) is 2. The van der Waals surface area contributed by atoms with Gasteiger partial charge in [0.1, 0.15) is 18.1 Å². The molecule has 0 aromatic carbocycles. The Labute approximate surface area is 197 Å². The number of carboxylic acids is 1. The lowest BCUT2D eigenvalue weighted by Gasteiger charge is -2.32. The topological polar surface area (TPSA) is 214 Å². The smallest absolute Gasteiger partial charge is 0.326 e. The van der Waals surface area contributed by atoms with E-state index in [1.807, 2.05) is 13.8 Å². The Hall–Kier alpha value is -3.48. The van der Waals surface area contributed by atoms with E-state index in [9.17, 15) is 29.1 Å². The number of nitrogens with one attached hydrogen (secondary N) is 3. The van der Waals surface area contributed by atoms with Crippen molar-refractivity contribution in [3.05, 3.63) is 18.2 Å². The maximum Gasteiger partial charge on any atom is 0.326 e. The van der Waals surface area contributed by atoms with Crippen LogP contribution in [0.15, 0.2) is 12.5 Å². The van der Waals surface area contributed by atoms with Gasteiger partial charge in [-0.1, -0.05) is 20.3 Å². The van der Waals surface area contributed by atoms with E-state index in [1.54, 1.807) is 6.20 Å². The largest absolute Gasteiger partial charge is 0.480 e. The van der Waals surface area contributed by atoms with E-state index in [1.165, 1.54) is 11.2 Å². The van der Waals surface area contributed by atoms with Crippen molar-refractivity contribution in [1.82, 2.24) is 25.5 Å². The van der Waals surface area contributed by atoms with Crippen molar-refractivity contribution in [2.45, 2.75) is 70.1 Å². The van der Waals surface area contributed by atoms with Crippen LogP contribution in [0.1, 0.15) is 45.2 Å². The van der Waals surface area contributed by atoms with Gasteiger partial charge >= 0.3 is 5.97 Å². The molecule has 0 spiro atoms. The monoisotopic (exact) mass is 479 g/mol. The molecule has 13 nitrogen and oxygen atoms in total. The lowest BCUT2D eigenvalue weighted by molar-refractivity contribution is -0.146. The van der Waals surface area contributed by atoms with E-state index in [0.717, 1.165) is 0 Å². The molecule has 1 aromatic heterocycles. The van der Waals surface area contributed by atoms with Crippen molar-refractivity contribution in [2.24, 2.45) is 17.4 Å². The number of imidazole rings is 1. The molecule has 188 valence electrons. The van der Waals surface area contributed by atoms with Gasteiger partial charge in [-0.3, -0.25) is 19.2 Å². The first-order chi connectivity index (χ1) is 16.0. The first kappa shape index (κ1) is 26.8. The fourth-order valence-corrected chi connectivity index (χ4v) is 3.82. The molecule has 0 radical (unpaired) electrons. The minimum atomic E-state index is -1.49. The fourth-order valence-electron chi connectivity index (χ4n) is 3.82. The summed E-state index contributed by atoms with van der Waals surface area (Å²) < 4.78 is 0. The van der Waals surface area contributed by atoms with Crippen molar-refractivity contribution >= 4 is 29.6 Å². The average Bonchev–Trinajstić information content (AvgIpc) is 3.47. The van der Waals surface area contributed by atoms with Crippen molar-refractivity contribution < 1.29 is 29.1 Å². The Balaban J connectivity index is 2.12. The zero-order chi connectivity index (χ0) is 25.4. The minimum Gasteiger partial charge on any atom is -0.480 e. The highest BCUT2D eigenvalue weighted by Gasteiger charge is 2.40. The molecule has 1 aliphatic heterocycles. The number of aliphatic carboxylic acids is 1. The van der Waals surface area contributed by atoms with Gasteiger partial charge in [-0.05, 0) is 18.8 Å². The zero-order valence-corrected chi connectivity index (χ0v) is 19.3. The van der Waals surface area contributed by atoms with E-state index >= 15 is 0 Å². The molecule has 0 bridgehead atoms. The molecule has 1 saturated heterocycles. The summed E-state index contributed by atoms with van der Waals surface area (Å²) in [6.45, 7) is 3.95. The molecule has 8 N–H and O–H groups in total. The van der Waals surface area contributed by atoms with Gasteiger partial charge < -0.3 is 37.1 Å². The van der Waals surface area contributed by atoms with Crippen LogP contribution in [0.4, 0.5) is 0 Å². The van der Waals surface area contributed by atoms with Gasteiger partial charge in [0, 0.05) is 24.9 Å². The van der Waals surface area contributed by atoms with Crippen molar-refractivity contribution in [1.29, 1.82) is 0 Å². The number of carbonyl (C=O) groups is 5. The Morgan fingerprint density at radius 3 is 2.56 bits per heavy atom. The van der Waals surface area contributed by atoms with Gasteiger partial charge in [-0.2, -0.15) is 0 Å². The summed E-state index contributed by atoms with van der Waals surface area (Å²) >= 11 is 0. The van der Waals surface area contributed by atoms with Crippen LogP contribution >= 0.6 is 0 Å². The quantitative estimate of drug-likeness (QED) is 0.202. The highest BCUT2D eigenvalue weighted by atomic mass is 16.4. The normalized spacial score (nSPS) is 19.0. The maximum atomic E-state index is 13.4. The second-order valence-corrected chi connectivity index (χ2v) is 8.52. The second-order valence-electron chi connectivity index (χ2n) is 8.52. The molecule has 1 aliphatic rings. The van der Waals surface area contributed by atoms with Crippen LogP contribution in [0.3, 0.4) is 0 Å². The molecule has 5 unspecified atom stereocenters. The summed E-state index contributed by atoms with van der Waals surface area (Å²) in [6.07, 6.45) is 4.10. The highest BCUT2D eigenvalue weighted by Crippen LogP contribution is 2.22. The number of aromatic amines is 1. The number of nitrogens with two attached hydrogens (primary N) is 2. The van der Waals surface area contributed by atoms with Gasteiger partial charge in [-0.15, -0.1) is 0 Å². The van der Waals surface area contributed by atoms with E-state index in [4.69, 9.17) is 11.5 Å². The summed E-state index contributed by atoms with van der Waals surface area (Å²) in [5.41, 5.74) is 11.7. The minimum absolute atomic E-state index is 0.207. The van der Waals surface area contributed by atoms with Gasteiger partial charge in [0.15, 0.2) is 0 Å². The highest BCUT2D eigenvalue weighted by molar-refractivity contribution is 5.95. The number of likely N-dealkylation sites (tertiary alicyclic amines) is 1. The van der Waals surface area contributed by atoms with Crippen LogP contribution in [0.25, 0.3) is 0 Å². The second kappa shape index (κ2) is 12.1. The molecule has 13 heteroatoms. The summed E-state index contributed by atoms with van der Waals surface area (Å²) in [6, 6.07) is -4.25. The number of primary amides is 1. The molecular formula is C21H33N7O6. The third kappa shape index (κ3) is 7.01. The molecule has 4 amide bonds. The number of aromatic nitrogens is 2. The first-order valence-corrected chi connectivity index (χ1v) is 11.2. The first-order valence-electron chi connectivity index (χ1n) is 11.2. The molecule has 2 heterocycles. The summed E-state index contributed by atoms with van der Waals surface area (Å²) in [5, 5.41) is 14.3. The lowest BCUT2D eigenvalue weighted by Crippen LogP contribution is -2.58. The number of hydrogen-bond donors (Lipinski definition) is 6. The van der Waals surface area contributed by atoms with E-state index in [2.05, 4.69) is 20.6 Å². The average molecular weight is 480 g/mol. The SMILES string of the molecule is CCC(C)C(NC(=O)C(N)Cc1cnc[nH]1)C(=O)N1CCCC1C(=O)NC(CC(N)=O)C(=O)O. The van der Waals surface area contributed by atoms with Crippen molar-refractivity contribution in [3.8, 4) is 0 Å². The molecule has 2 rings (SSSR count). The zero-order valence-electron chi connectivity index (χ0n) is 19.3. The predicted molar refractivity (Wildman–Crippen MR) is 120 cm³/mol. The molecular weight excluding hydrogens is 446 g/mol. The molecule has 0 aliphatic carbocycles. The molecule has 5 atom stereocenters. The Morgan fingerprint density at radius 2 is 2.00 bits per heavy atom. The Morgan fingerprint density at radius 1 is 1.29 bits per heavy atom.